The third kappa shape index (κ3) is 8.87. The van der Waals surface area contributed by atoms with Crippen LogP contribution >= 0.6 is 0 Å². The maximum absolute atomic E-state index is 12.7. The highest BCUT2D eigenvalue weighted by molar-refractivity contribution is 5.99. The van der Waals surface area contributed by atoms with Gasteiger partial charge in [0.25, 0.3) is 0 Å². The number of para-hydroxylation sites is 1. The summed E-state index contributed by atoms with van der Waals surface area (Å²) < 4.78 is 71.3. The lowest BCUT2D eigenvalue weighted by atomic mass is 9.85. The number of phenols is 1. The second kappa shape index (κ2) is 18.6. The van der Waals surface area contributed by atoms with E-state index in [0.717, 1.165) is 50.1 Å². The number of phenolic OH excluding ortho intramolecular Hbond substituents is 1. The molecule has 0 saturated heterocycles. The Labute approximate surface area is 425 Å². The number of rotatable bonds is 10. The molecule has 0 amide bonds. The van der Waals surface area contributed by atoms with Crippen molar-refractivity contribution in [3.8, 4) is 89.7 Å². The summed E-state index contributed by atoms with van der Waals surface area (Å²) >= 11 is 0. The van der Waals surface area contributed by atoms with Crippen molar-refractivity contribution in [3.05, 3.63) is 216 Å². The first-order valence-corrected chi connectivity index (χ1v) is 23.8. The molecule has 0 aliphatic rings. The molecule has 70 heavy (non-hydrogen) atoms. The summed E-state index contributed by atoms with van der Waals surface area (Å²) in [6, 6.07) is 58.2. The minimum atomic E-state index is -2.52. The van der Waals surface area contributed by atoms with Crippen molar-refractivity contribution in [3.63, 3.8) is 0 Å². The number of pyridine rings is 1. The van der Waals surface area contributed by atoms with Gasteiger partial charge in [0.15, 0.2) is 0 Å². The maximum atomic E-state index is 12.7. The number of benzene rings is 8. The van der Waals surface area contributed by atoms with E-state index in [9.17, 15) is 7.85 Å². The van der Waals surface area contributed by atoms with Gasteiger partial charge >= 0.3 is 0 Å². The first-order chi connectivity index (χ1) is 36.7. The van der Waals surface area contributed by atoms with E-state index in [2.05, 4.69) is 63.2 Å². The fraction of sp³-hybridized carbons (Fsp3) is 0.182. The summed E-state index contributed by atoms with van der Waals surface area (Å²) in [4.78, 5) is 10.5. The minimum absolute atomic E-state index is 0.146. The molecule has 346 valence electrons. The van der Waals surface area contributed by atoms with E-state index >= 15 is 0 Å². The molecule has 2 aromatic heterocycles. The molecule has 10 aromatic rings. The summed E-state index contributed by atoms with van der Waals surface area (Å²) in [6.07, 6.45) is 1.76. The number of imidazole rings is 1. The largest absolute Gasteiger partial charge is 0.507 e. The minimum Gasteiger partial charge on any atom is -0.507 e. The van der Waals surface area contributed by atoms with Gasteiger partial charge in [0, 0.05) is 33.9 Å². The van der Waals surface area contributed by atoms with Crippen molar-refractivity contribution in [1.82, 2.24) is 14.5 Å². The van der Waals surface area contributed by atoms with Crippen molar-refractivity contribution in [2.45, 2.75) is 79.4 Å². The molecule has 0 saturated carbocycles. The lowest BCUT2D eigenvalue weighted by molar-refractivity contribution is 0.466. The molecule has 0 atom stereocenters. The molecule has 10 rings (SSSR count). The summed E-state index contributed by atoms with van der Waals surface area (Å²) in [5.41, 5.74) is 13.8. The van der Waals surface area contributed by atoms with Crippen LogP contribution in [0.15, 0.2) is 188 Å². The molecule has 0 unspecified atom stereocenters. The second-order valence-corrected chi connectivity index (χ2v) is 19.6. The Morgan fingerprint density at radius 2 is 1.19 bits per heavy atom. The average Bonchev–Trinajstić information content (AvgIpc) is 3.88. The number of fused-ring (bicyclic) bond motifs is 1. The molecule has 1 N–H and O–H groups in total. The van der Waals surface area contributed by atoms with Crippen molar-refractivity contribution in [2.24, 2.45) is 0 Å². The molecular weight excluding hydrogens is 851 g/mol. The molecule has 2 heterocycles. The topological polar surface area (TPSA) is 50.9 Å². The van der Waals surface area contributed by atoms with Gasteiger partial charge in [-0.15, -0.1) is 0 Å². The second-order valence-electron chi connectivity index (χ2n) is 19.6. The predicted molar refractivity (Wildman–Crippen MR) is 295 cm³/mol. The number of nitrogens with zero attached hydrogens (tertiary/aromatic N) is 3. The Bertz CT molecular complexity index is 3860. The van der Waals surface area contributed by atoms with Crippen LogP contribution < -0.4 is 0 Å². The number of aromatic hydroxyl groups is 1. The van der Waals surface area contributed by atoms with E-state index in [1.54, 1.807) is 64.2 Å². The number of aromatic nitrogens is 3. The van der Waals surface area contributed by atoms with Crippen LogP contribution in [0.25, 0.3) is 95.0 Å². The molecule has 0 spiro atoms. The van der Waals surface area contributed by atoms with Crippen molar-refractivity contribution in [2.75, 3.05) is 0 Å². The highest BCUT2D eigenvalue weighted by Gasteiger charge is 2.26. The molecule has 4 heteroatoms. The van der Waals surface area contributed by atoms with Gasteiger partial charge in [-0.1, -0.05) is 181 Å². The Kier molecular flexibility index (Phi) is 9.86. The Morgan fingerprint density at radius 1 is 0.529 bits per heavy atom. The van der Waals surface area contributed by atoms with Crippen molar-refractivity contribution < 1.29 is 16.1 Å². The van der Waals surface area contributed by atoms with Gasteiger partial charge in [0.05, 0.1) is 28.0 Å². The van der Waals surface area contributed by atoms with E-state index in [1.807, 2.05) is 114 Å². The van der Waals surface area contributed by atoms with E-state index in [-0.39, 0.29) is 22.3 Å². The Morgan fingerprint density at radius 3 is 1.86 bits per heavy atom. The monoisotopic (exact) mass is 920 g/mol. The number of hydrogen-bond acceptors (Lipinski definition) is 3. The molecule has 0 aliphatic heterocycles. The smallest absolute Gasteiger partial charge is 0.149 e. The van der Waals surface area contributed by atoms with Crippen LogP contribution in [0.1, 0.15) is 99.0 Å². The van der Waals surface area contributed by atoms with Gasteiger partial charge in [-0.05, 0) is 152 Å². The van der Waals surface area contributed by atoms with Gasteiger partial charge in [-0.2, -0.15) is 0 Å². The van der Waals surface area contributed by atoms with Crippen LogP contribution in [0.5, 0.6) is 5.75 Å². The summed E-state index contributed by atoms with van der Waals surface area (Å²) in [7, 11) is 0. The summed E-state index contributed by atoms with van der Waals surface area (Å²) in [5.74, 6) is -2.25. The van der Waals surface area contributed by atoms with Crippen LogP contribution in [0, 0.1) is 13.7 Å². The first kappa shape index (κ1) is 37.1. The lowest BCUT2D eigenvalue weighted by Gasteiger charge is -2.22. The standard InChI is InChI=1S/C66H61N3O/c1-41(2)50-37-56(42(3)4)64(70)59(38-50)65-68-63-55(52-34-51(45-17-12-10-13-18-45)35-53(36-52)60-39-49(31-32-67-60)46-25-23-43(5)24-26-46)21-16-22-61(63)69(65)62-40-57(47-19-14-11-15-20-47)44(6)33-58(62)48-27-29-54(30-28-48)66(7,8)9/h10-42,70H,1-9H3/i5D3,6D3,41D,42D. The molecule has 0 fully saturated rings. The van der Waals surface area contributed by atoms with Crippen LogP contribution in [-0.4, -0.2) is 19.6 Å². The predicted octanol–water partition coefficient (Wildman–Crippen LogP) is 18.0. The summed E-state index contributed by atoms with van der Waals surface area (Å²) in [5, 5.41) is 12.7. The van der Waals surface area contributed by atoms with E-state index in [0.29, 0.717) is 61.6 Å². The normalized spacial score (nSPS) is 14.2. The van der Waals surface area contributed by atoms with Gasteiger partial charge in [0.2, 0.25) is 0 Å². The van der Waals surface area contributed by atoms with Crippen molar-refractivity contribution >= 4 is 11.0 Å². The zero-order valence-corrected chi connectivity index (χ0v) is 40.7. The van der Waals surface area contributed by atoms with Crippen LogP contribution in [0.4, 0.5) is 0 Å². The Balaban J connectivity index is 1.31. The lowest BCUT2D eigenvalue weighted by Crippen LogP contribution is -2.10. The van der Waals surface area contributed by atoms with Crippen LogP contribution in [-0.2, 0) is 5.41 Å². The van der Waals surface area contributed by atoms with E-state index < -0.39 is 25.5 Å². The quantitative estimate of drug-likeness (QED) is 0.149. The zero-order chi connectivity index (χ0) is 55.7. The highest BCUT2D eigenvalue weighted by atomic mass is 16.3. The number of hydrogen-bond donors (Lipinski definition) is 1. The van der Waals surface area contributed by atoms with E-state index in [1.165, 1.54) is 0 Å². The third-order valence-corrected chi connectivity index (χ3v) is 13.3. The molecule has 0 bridgehead atoms. The molecule has 8 aromatic carbocycles. The fourth-order valence-electron chi connectivity index (χ4n) is 9.40. The summed E-state index contributed by atoms with van der Waals surface area (Å²) in [6.45, 7) is 8.70. The van der Waals surface area contributed by atoms with Crippen LogP contribution in [0.2, 0.25) is 0 Å². The SMILES string of the molecule is [2H]C([2H])([2H])c1ccc(-c2ccnc(-c3cc(-c4ccccc4)cc(-c4cccc5c4nc(-c4cc(C([2H])(C)C)cc(C([2H])(C)C)c4O)n5-c4cc(-c5ccccc5)c(C([2H])([2H])[2H])cc4-c4ccc(C(C)(C)C)cc4)c3)c2)cc1. The highest BCUT2D eigenvalue weighted by Crippen LogP contribution is 2.46. The van der Waals surface area contributed by atoms with Crippen molar-refractivity contribution in [1.29, 1.82) is 0 Å². The van der Waals surface area contributed by atoms with E-state index in [4.69, 9.17) is 18.2 Å². The van der Waals surface area contributed by atoms with Gasteiger partial charge in [-0.25, -0.2) is 4.98 Å². The first-order valence-electron chi connectivity index (χ1n) is 27.8. The van der Waals surface area contributed by atoms with Crippen LogP contribution in [0.3, 0.4) is 0 Å². The zero-order valence-electron chi connectivity index (χ0n) is 48.7. The van der Waals surface area contributed by atoms with Gasteiger partial charge < -0.3 is 5.11 Å². The van der Waals surface area contributed by atoms with Gasteiger partial charge in [-0.3, -0.25) is 9.55 Å². The van der Waals surface area contributed by atoms with Gasteiger partial charge in [0.1, 0.15) is 11.6 Å². The number of aryl methyl sites for hydroxylation is 2. The molecule has 4 nitrogen and oxygen atoms in total. The maximum Gasteiger partial charge on any atom is 0.149 e. The Hall–Kier alpha value is -7.82. The fourth-order valence-corrected chi connectivity index (χ4v) is 9.40. The molecule has 0 aliphatic carbocycles. The third-order valence-electron chi connectivity index (χ3n) is 13.3. The average molecular weight is 920 g/mol. The molecule has 0 radical (unpaired) electrons. The molecular formula is C66H61N3O.